The summed E-state index contributed by atoms with van der Waals surface area (Å²) in [5.74, 6) is 1.43. The van der Waals surface area contributed by atoms with Crippen molar-refractivity contribution in [3.05, 3.63) is 100 Å². The van der Waals surface area contributed by atoms with Crippen LogP contribution < -0.4 is 15.4 Å². The Morgan fingerprint density at radius 1 is 0.976 bits per heavy atom. The number of unbranched alkanes of at least 4 members (excludes halogenated alkanes) is 1. The van der Waals surface area contributed by atoms with Crippen molar-refractivity contribution in [2.75, 3.05) is 29.5 Å². The normalized spacial score (nSPS) is 16.4. The molecule has 0 radical (unpaired) electrons. The van der Waals surface area contributed by atoms with Gasteiger partial charge in [-0.1, -0.05) is 54.9 Å². The molecule has 0 saturated carbocycles. The number of allylic oxidation sites excluding steroid dienone is 1. The first kappa shape index (κ1) is 29.5. The summed E-state index contributed by atoms with van der Waals surface area (Å²) in [7, 11) is 0. The third-order valence-corrected chi connectivity index (χ3v) is 8.58. The molecule has 0 aliphatic carbocycles. The second kappa shape index (κ2) is 13.3. The Kier molecular flexibility index (Phi) is 9.32. The number of ether oxygens (including phenoxy) is 1. The van der Waals surface area contributed by atoms with E-state index in [1.54, 1.807) is 23.9 Å². The lowest BCUT2D eigenvalue weighted by molar-refractivity contribution is -0.113. The quantitative estimate of drug-likeness (QED) is 0.255. The predicted octanol–water partition coefficient (Wildman–Crippen LogP) is 7.50. The molecule has 2 aliphatic rings. The van der Waals surface area contributed by atoms with Crippen molar-refractivity contribution in [3.8, 4) is 5.75 Å². The fourth-order valence-corrected chi connectivity index (χ4v) is 6.26. The largest absolute Gasteiger partial charge is 0.494 e. The summed E-state index contributed by atoms with van der Waals surface area (Å²) in [6.45, 7) is 9.57. The molecule has 2 amide bonds. The first-order chi connectivity index (χ1) is 20.3. The molecule has 0 spiro atoms. The fraction of sp³-hybridized carbons (Fsp3) is 0.324. The Balaban J connectivity index is 1.35. The maximum Gasteiger partial charge on any atom is 0.255 e. The van der Waals surface area contributed by atoms with Crippen LogP contribution >= 0.6 is 11.8 Å². The number of aliphatic imine (C=N–C) groups is 1. The number of thioether (sulfide) groups is 1. The Morgan fingerprint density at radius 2 is 1.74 bits per heavy atom. The number of hydrogen-bond acceptors (Lipinski definition) is 6. The molecule has 218 valence electrons. The number of nitrogens with one attached hydrogen (secondary N) is 2. The van der Waals surface area contributed by atoms with Crippen LogP contribution in [-0.2, 0) is 4.79 Å². The van der Waals surface area contributed by atoms with E-state index in [4.69, 9.17) is 9.73 Å². The van der Waals surface area contributed by atoms with Crippen LogP contribution in [0.5, 0.6) is 5.75 Å². The molecule has 2 N–H and O–H groups in total. The third kappa shape index (κ3) is 6.71. The summed E-state index contributed by atoms with van der Waals surface area (Å²) in [4.78, 5) is 33.8. The van der Waals surface area contributed by atoms with Crippen LogP contribution in [0.1, 0.15) is 66.2 Å². The minimum absolute atomic E-state index is 0.151. The van der Waals surface area contributed by atoms with Gasteiger partial charge >= 0.3 is 0 Å². The predicted molar refractivity (Wildman–Crippen MR) is 172 cm³/mol. The van der Waals surface area contributed by atoms with Crippen molar-refractivity contribution in [3.63, 3.8) is 0 Å². The van der Waals surface area contributed by atoms with E-state index in [1.807, 2.05) is 69.3 Å². The lowest BCUT2D eigenvalue weighted by atomic mass is 9.93. The van der Waals surface area contributed by atoms with E-state index in [9.17, 15) is 9.59 Å². The number of rotatable bonds is 9. The van der Waals surface area contributed by atoms with Crippen LogP contribution in [0.25, 0.3) is 0 Å². The van der Waals surface area contributed by atoms with Gasteiger partial charge in [-0.25, -0.2) is 4.99 Å². The molecule has 7 nitrogen and oxygen atoms in total. The van der Waals surface area contributed by atoms with E-state index < -0.39 is 0 Å². The Hall–Kier alpha value is -4.04. The summed E-state index contributed by atoms with van der Waals surface area (Å²) < 4.78 is 5.71. The van der Waals surface area contributed by atoms with Gasteiger partial charge in [0.1, 0.15) is 5.75 Å². The Labute approximate surface area is 252 Å². The van der Waals surface area contributed by atoms with Gasteiger partial charge in [0.2, 0.25) is 0 Å². The van der Waals surface area contributed by atoms with Crippen LogP contribution in [0, 0.1) is 13.8 Å². The fourth-order valence-electron chi connectivity index (χ4n) is 5.24. The molecule has 1 atom stereocenters. The van der Waals surface area contributed by atoms with Crippen molar-refractivity contribution in [2.24, 2.45) is 4.99 Å². The highest BCUT2D eigenvalue weighted by Gasteiger charge is 2.37. The highest BCUT2D eigenvalue weighted by molar-refractivity contribution is 8.13. The number of carbonyl (C=O) groups excluding carboxylic acids is 2. The highest BCUT2D eigenvalue weighted by Crippen LogP contribution is 2.40. The van der Waals surface area contributed by atoms with Crippen molar-refractivity contribution in [1.82, 2.24) is 4.90 Å². The number of aryl methyl sites for hydroxylation is 2. The number of amides is 2. The topological polar surface area (TPSA) is 83.0 Å². The average molecular weight is 583 g/mol. The van der Waals surface area contributed by atoms with Gasteiger partial charge in [0.25, 0.3) is 11.8 Å². The lowest BCUT2D eigenvalue weighted by Gasteiger charge is -2.41. The van der Waals surface area contributed by atoms with Gasteiger partial charge in [0, 0.05) is 29.2 Å². The molecule has 3 aromatic carbocycles. The number of nitrogens with zero attached hydrogens (tertiary/aromatic N) is 2. The first-order valence-electron chi connectivity index (χ1n) is 14.6. The van der Waals surface area contributed by atoms with Crippen LogP contribution in [0.4, 0.5) is 11.4 Å². The molecule has 3 aromatic rings. The molecule has 2 heterocycles. The smallest absolute Gasteiger partial charge is 0.255 e. The Bertz CT molecular complexity index is 1510. The minimum atomic E-state index is -0.277. The van der Waals surface area contributed by atoms with Gasteiger partial charge in [0.05, 0.1) is 23.9 Å². The van der Waals surface area contributed by atoms with Crippen LogP contribution in [0.2, 0.25) is 0 Å². The minimum Gasteiger partial charge on any atom is -0.494 e. The van der Waals surface area contributed by atoms with Gasteiger partial charge in [-0.2, -0.15) is 0 Å². The standard InChI is InChI=1S/C34H38N4O3S/c1-5-6-19-41-28-15-11-26(12-16-28)32(39)36-27-13-9-25(10-14-27)31-30(24(4)35-34-38(31)18-7-20-42-34)33(40)37-29-17-8-22(2)21-23(29)3/h8-17,21,31H,5-7,18-20H2,1-4H3,(H,36,39)(H,37,40). The zero-order valence-corrected chi connectivity index (χ0v) is 25.5. The molecule has 8 heteroatoms. The zero-order valence-electron chi connectivity index (χ0n) is 24.7. The summed E-state index contributed by atoms with van der Waals surface area (Å²) in [5.41, 5.74) is 6.55. The number of fused-ring (bicyclic) bond motifs is 1. The molecular weight excluding hydrogens is 544 g/mol. The monoisotopic (exact) mass is 582 g/mol. The zero-order chi connectivity index (χ0) is 29.6. The highest BCUT2D eigenvalue weighted by atomic mass is 32.2. The van der Waals surface area contributed by atoms with Crippen LogP contribution in [0.15, 0.2) is 83.0 Å². The van der Waals surface area contributed by atoms with E-state index in [0.29, 0.717) is 23.4 Å². The number of carbonyl (C=O) groups is 2. The molecule has 42 heavy (non-hydrogen) atoms. The number of benzene rings is 3. The molecule has 1 unspecified atom stereocenters. The van der Waals surface area contributed by atoms with Crippen molar-refractivity contribution in [2.45, 2.75) is 53.0 Å². The van der Waals surface area contributed by atoms with Crippen LogP contribution in [0.3, 0.4) is 0 Å². The van der Waals surface area contributed by atoms with E-state index in [2.05, 4.69) is 28.5 Å². The van der Waals surface area contributed by atoms with Gasteiger partial charge in [-0.3, -0.25) is 9.59 Å². The molecule has 5 rings (SSSR count). The number of anilines is 2. The van der Waals surface area contributed by atoms with Crippen molar-refractivity contribution < 1.29 is 14.3 Å². The number of hydrogen-bond donors (Lipinski definition) is 2. The molecule has 1 fully saturated rings. The van der Waals surface area contributed by atoms with Crippen LogP contribution in [-0.4, -0.2) is 40.8 Å². The summed E-state index contributed by atoms with van der Waals surface area (Å²) in [6.07, 6.45) is 3.09. The molecular formula is C34H38N4O3S. The van der Waals surface area contributed by atoms with Crippen molar-refractivity contribution in [1.29, 1.82) is 0 Å². The maximum atomic E-state index is 13.8. The second-order valence-corrected chi connectivity index (χ2v) is 11.8. The van der Waals surface area contributed by atoms with E-state index >= 15 is 0 Å². The third-order valence-electron chi connectivity index (χ3n) is 7.50. The second-order valence-electron chi connectivity index (χ2n) is 10.8. The average Bonchev–Trinajstić information content (AvgIpc) is 2.98. The van der Waals surface area contributed by atoms with Crippen molar-refractivity contribution >= 4 is 40.1 Å². The molecule has 1 saturated heterocycles. The van der Waals surface area contributed by atoms with Gasteiger partial charge in [-0.05, 0) is 87.2 Å². The first-order valence-corrected chi connectivity index (χ1v) is 15.5. The molecule has 0 aromatic heterocycles. The van der Waals surface area contributed by atoms with E-state index in [0.717, 1.165) is 70.6 Å². The summed E-state index contributed by atoms with van der Waals surface area (Å²) >= 11 is 1.73. The molecule has 2 aliphatic heterocycles. The summed E-state index contributed by atoms with van der Waals surface area (Å²) in [6, 6.07) is 20.7. The lowest BCUT2D eigenvalue weighted by Crippen LogP contribution is -2.43. The van der Waals surface area contributed by atoms with Gasteiger partial charge in [-0.15, -0.1) is 0 Å². The Morgan fingerprint density at radius 3 is 2.45 bits per heavy atom. The van der Waals surface area contributed by atoms with E-state index in [-0.39, 0.29) is 17.9 Å². The molecule has 0 bridgehead atoms. The van der Waals surface area contributed by atoms with Gasteiger partial charge in [0.15, 0.2) is 5.17 Å². The van der Waals surface area contributed by atoms with Gasteiger partial charge < -0.3 is 20.3 Å². The SMILES string of the molecule is CCCCOc1ccc(C(=O)Nc2ccc(C3C(C(=O)Nc4ccc(C)cc4C)=C(C)N=C4SCCCN43)cc2)cc1. The maximum absolute atomic E-state index is 13.8. The summed E-state index contributed by atoms with van der Waals surface area (Å²) in [5, 5.41) is 7.08. The number of amidine groups is 1. The van der Waals surface area contributed by atoms with E-state index in [1.165, 1.54) is 0 Å².